The van der Waals surface area contributed by atoms with Gasteiger partial charge in [0.2, 0.25) is 0 Å². The zero-order valence-corrected chi connectivity index (χ0v) is 19.4. The molecule has 1 aliphatic rings. The molecule has 174 valence electrons. The van der Waals surface area contributed by atoms with Gasteiger partial charge in [-0.15, -0.1) is 0 Å². The van der Waals surface area contributed by atoms with Gasteiger partial charge < -0.3 is 19.9 Å². The molecule has 1 saturated heterocycles. The number of rotatable bonds is 7. The minimum absolute atomic E-state index is 0.181. The molecular weight excluding hydrogens is 412 g/mol. The quantitative estimate of drug-likeness (QED) is 0.525. The summed E-state index contributed by atoms with van der Waals surface area (Å²) in [6.07, 6.45) is 0. The van der Waals surface area contributed by atoms with Crippen molar-refractivity contribution in [2.75, 3.05) is 54.4 Å². The van der Waals surface area contributed by atoms with E-state index < -0.39 is 0 Å². The molecule has 6 nitrogen and oxygen atoms in total. The summed E-state index contributed by atoms with van der Waals surface area (Å²) in [4.78, 5) is 10.9. The van der Waals surface area contributed by atoms with Gasteiger partial charge in [-0.2, -0.15) is 0 Å². The fourth-order valence-electron chi connectivity index (χ4n) is 3.90. The summed E-state index contributed by atoms with van der Waals surface area (Å²) >= 11 is 0. The minimum atomic E-state index is -0.331. The standard InChI is InChI=1S/C24H33F2N5O/c1-27-24(28-15-18-5-7-21(25)20(13-18)17-29(2)3)31-11-9-30(10-12-31)16-19-6-8-23(32-4)22(26)14-19/h5-8,13-14H,9-12,15-17H2,1-4H3,(H,27,28). The highest BCUT2D eigenvalue weighted by Gasteiger charge is 2.20. The van der Waals surface area contributed by atoms with Crippen molar-refractivity contribution in [1.82, 2.24) is 20.0 Å². The van der Waals surface area contributed by atoms with Crippen LogP contribution in [0.25, 0.3) is 0 Å². The summed E-state index contributed by atoms with van der Waals surface area (Å²) in [6, 6.07) is 10.4. The maximum atomic E-state index is 14.0. The predicted molar refractivity (Wildman–Crippen MR) is 124 cm³/mol. The average molecular weight is 446 g/mol. The zero-order chi connectivity index (χ0) is 23.1. The van der Waals surface area contributed by atoms with Crippen LogP contribution in [0.5, 0.6) is 5.75 Å². The Morgan fingerprint density at radius 3 is 2.38 bits per heavy atom. The molecular formula is C24H33F2N5O. The normalized spacial score (nSPS) is 15.3. The van der Waals surface area contributed by atoms with Crippen LogP contribution in [0.2, 0.25) is 0 Å². The molecule has 0 aromatic heterocycles. The third-order valence-electron chi connectivity index (χ3n) is 5.55. The number of hydrogen-bond acceptors (Lipinski definition) is 4. The summed E-state index contributed by atoms with van der Waals surface area (Å²) in [5.41, 5.74) is 2.64. The fraction of sp³-hybridized carbons (Fsp3) is 0.458. The molecule has 0 atom stereocenters. The largest absolute Gasteiger partial charge is 0.494 e. The van der Waals surface area contributed by atoms with E-state index in [0.29, 0.717) is 25.2 Å². The van der Waals surface area contributed by atoms with Crippen LogP contribution in [0.1, 0.15) is 16.7 Å². The number of hydrogen-bond donors (Lipinski definition) is 1. The van der Waals surface area contributed by atoms with Crippen molar-refractivity contribution < 1.29 is 13.5 Å². The van der Waals surface area contributed by atoms with Crippen LogP contribution in [-0.4, -0.2) is 75.1 Å². The van der Waals surface area contributed by atoms with Crippen LogP contribution >= 0.6 is 0 Å². The Morgan fingerprint density at radius 1 is 1.03 bits per heavy atom. The Labute approximate surface area is 189 Å². The monoisotopic (exact) mass is 445 g/mol. The van der Waals surface area contributed by atoms with E-state index in [1.165, 1.54) is 13.2 Å². The molecule has 1 N–H and O–H groups in total. The van der Waals surface area contributed by atoms with Crippen molar-refractivity contribution in [2.24, 2.45) is 4.99 Å². The van der Waals surface area contributed by atoms with E-state index in [1.807, 2.05) is 31.1 Å². The van der Waals surface area contributed by atoms with Gasteiger partial charge in [0, 0.05) is 58.4 Å². The SMILES string of the molecule is CN=C(NCc1ccc(F)c(CN(C)C)c1)N1CCN(Cc2ccc(OC)c(F)c2)CC1. The number of nitrogens with zero attached hydrogens (tertiary/aromatic N) is 4. The summed E-state index contributed by atoms with van der Waals surface area (Å²) in [6.45, 7) is 5.22. The Balaban J connectivity index is 1.51. The second kappa shape index (κ2) is 11.2. The molecule has 0 amide bonds. The molecule has 8 heteroatoms. The molecule has 0 radical (unpaired) electrons. The number of nitrogens with one attached hydrogen (secondary N) is 1. The first-order valence-corrected chi connectivity index (χ1v) is 10.8. The number of ether oxygens (including phenoxy) is 1. The van der Waals surface area contributed by atoms with Crippen molar-refractivity contribution in [2.45, 2.75) is 19.6 Å². The molecule has 1 fully saturated rings. The molecule has 0 saturated carbocycles. The van der Waals surface area contributed by atoms with Gasteiger partial charge >= 0.3 is 0 Å². The van der Waals surface area contributed by atoms with E-state index in [2.05, 4.69) is 20.1 Å². The lowest BCUT2D eigenvalue weighted by Crippen LogP contribution is -2.52. The number of aliphatic imine (C=N–C) groups is 1. The fourth-order valence-corrected chi connectivity index (χ4v) is 3.90. The number of benzene rings is 2. The molecule has 1 aliphatic heterocycles. The molecule has 2 aromatic carbocycles. The Bertz CT molecular complexity index is 927. The maximum absolute atomic E-state index is 14.0. The first kappa shape index (κ1) is 23.9. The average Bonchev–Trinajstić information content (AvgIpc) is 2.77. The highest BCUT2D eigenvalue weighted by molar-refractivity contribution is 5.80. The molecule has 0 bridgehead atoms. The smallest absolute Gasteiger partial charge is 0.194 e. The van der Waals surface area contributed by atoms with Crippen LogP contribution < -0.4 is 10.1 Å². The highest BCUT2D eigenvalue weighted by atomic mass is 19.1. The van der Waals surface area contributed by atoms with E-state index in [0.717, 1.165) is 43.3 Å². The lowest BCUT2D eigenvalue weighted by Gasteiger charge is -2.36. The molecule has 3 rings (SSSR count). The van der Waals surface area contributed by atoms with Crippen LogP contribution in [0.4, 0.5) is 8.78 Å². The van der Waals surface area contributed by atoms with E-state index in [1.54, 1.807) is 25.2 Å². The predicted octanol–water partition coefficient (Wildman–Crippen LogP) is 2.93. The molecule has 2 aromatic rings. The van der Waals surface area contributed by atoms with Gasteiger partial charge in [0.15, 0.2) is 17.5 Å². The number of piperazine rings is 1. The lowest BCUT2D eigenvalue weighted by atomic mass is 10.1. The molecule has 0 spiro atoms. The van der Waals surface area contributed by atoms with E-state index >= 15 is 0 Å². The third-order valence-corrected chi connectivity index (χ3v) is 5.55. The first-order chi connectivity index (χ1) is 15.4. The van der Waals surface area contributed by atoms with Gasteiger partial charge in [0.25, 0.3) is 0 Å². The summed E-state index contributed by atoms with van der Waals surface area (Å²) in [5, 5.41) is 3.40. The summed E-state index contributed by atoms with van der Waals surface area (Å²) in [5.74, 6) is 0.588. The van der Waals surface area contributed by atoms with Gasteiger partial charge in [0.05, 0.1) is 7.11 Å². The number of guanidine groups is 1. The molecule has 0 aliphatic carbocycles. The number of halogens is 2. The van der Waals surface area contributed by atoms with Crippen LogP contribution in [0.3, 0.4) is 0 Å². The second-order valence-corrected chi connectivity index (χ2v) is 8.30. The molecule has 1 heterocycles. The van der Waals surface area contributed by atoms with E-state index in [4.69, 9.17) is 4.74 Å². The van der Waals surface area contributed by atoms with Crippen molar-refractivity contribution in [3.63, 3.8) is 0 Å². The van der Waals surface area contributed by atoms with Crippen molar-refractivity contribution >= 4 is 5.96 Å². The van der Waals surface area contributed by atoms with Gasteiger partial charge in [0.1, 0.15) is 5.82 Å². The number of methoxy groups -OCH3 is 1. The van der Waals surface area contributed by atoms with Crippen molar-refractivity contribution in [3.8, 4) is 5.75 Å². The summed E-state index contributed by atoms with van der Waals surface area (Å²) < 4.78 is 33.0. The minimum Gasteiger partial charge on any atom is -0.494 e. The molecule has 32 heavy (non-hydrogen) atoms. The van der Waals surface area contributed by atoms with E-state index in [9.17, 15) is 8.78 Å². The van der Waals surface area contributed by atoms with Gasteiger partial charge in [-0.25, -0.2) is 8.78 Å². The van der Waals surface area contributed by atoms with Gasteiger partial charge in [-0.1, -0.05) is 12.1 Å². The lowest BCUT2D eigenvalue weighted by molar-refractivity contribution is 0.172. The van der Waals surface area contributed by atoms with Gasteiger partial charge in [-0.3, -0.25) is 9.89 Å². The Hall–Kier alpha value is -2.71. The highest BCUT2D eigenvalue weighted by Crippen LogP contribution is 2.19. The Morgan fingerprint density at radius 2 is 1.75 bits per heavy atom. The third kappa shape index (κ3) is 6.40. The topological polar surface area (TPSA) is 43.3 Å². The van der Waals surface area contributed by atoms with Crippen molar-refractivity contribution in [1.29, 1.82) is 0 Å². The van der Waals surface area contributed by atoms with Gasteiger partial charge in [-0.05, 0) is 49.5 Å². The summed E-state index contributed by atoms with van der Waals surface area (Å²) in [7, 11) is 7.10. The second-order valence-electron chi connectivity index (χ2n) is 8.30. The Kier molecular flexibility index (Phi) is 8.41. The first-order valence-electron chi connectivity index (χ1n) is 10.8. The zero-order valence-electron chi connectivity index (χ0n) is 19.4. The maximum Gasteiger partial charge on any atom is 0.194 e. The van der Waals surface area contributed by atoms with Crippen molar-refractivity contribution in [3.05, 3.63) is 64.7 Å². The van der Waals surface area contributed by atoms with E-state index in [-0.39, 0.29) is 17.4 Å². The van der Waals surface area contributed by atoms with Crippen LogP contribution in [-0.2, 0) is 19.6 Å². The van der Waals surface area contributed by atoms with Crippen LogP contribution in [0.15, 0.2) is 41.4 Å². The molecule has 0 unspecified atom stereocenters. The van der Waals surface area contributed by atoms with Crippen LogP contribution in [0, 0.1) is 11.6 Å².